The van der Waals surface area contributed by atoms with E-state index >= 15 is 0 Å². The van der Waals surface area contributed by atoms with E-state index in [0.717, 1.165) is 16.9 Å². The number of thiazole rings is 1. The molecule has 0 aliphatic heterocycles. The van der Waals surface area contributed by atoms with E-state index in [0.29, 0.717) is 18.0 Å². The number of hydrogen-bond donors (Lipinski definition) is 2. The van der Waals surface area contributed by atoms with Gasteiger partial charge in [0.2, 0.25) is 5.88 Å². The fraction of sp³-hybridized carbons (Fsp3) is 0.182. The van der Waals surface area contributed by atoms with Crippen molar-refractivity contribution < 1.29 is 5.11 Å². The van der Waals surface area contributed by atoms with Gasteiger partial charge in [-0.25, -0.2) is 0 Å². The first-order chi connectivity index (χ1) is 7.74. The van der Waals surface area contributed by atoms with Crippen LogP contribution in [-0.4, -0.2) is 16.2 Å². The van der Waals surface area contributed by atoms with Crippen LogP contribution in [0.2, 0.25) is 0 Å². The molecule has 5 heteroatoms. The van der Waals surface area contributed by atoms with Gasteiger partial charge in [0, 0.05) is 13.1 Å². The Morgan fingerprint density at radius 1 is 1.31 bits per heavy atom. The highest BCUT2D eigenvalue weighted by Crippen LogP contribution is 2.31. The molecule has 0 amide bonds. The molecule has 0 fully saturated rings. The van der Waals surface area contributed by atoms with Crippen molar-refractivity contribution in [2.75, 3.05) is 6.54 Å². The molecule has 1 aromatic heterocycles. The van der Waals surface area contributed by atoms with Gasteiger partial charge in [0.15, 0.2) is 0 Å². The SMILES string of the molecule is NCCn1c(O)c(-c2ccccc2)sc1=O. The molecule has 1 heterocycles. The van der Waals surface area contributed by atoms with Crippen LogP contribution in [-0.2, 0) is 6.54 Å². The van der Waals surface area contributed by atoms with Crippen LogP contribution in [0, 0.1) is 0 Å². The second-order valence-electron chi connectivity index (χ2n) is 3.33. The zero-order valence-electron chi connectivity index (χ0n) is 8.59. The minimum atomic E-state index is -0.179. The summed E-state index contributed by atoms with van der Waals surface area (Å²) >= 11 is 1.04. The summed E-state index contributed by atoms with van der Waals surface area (Å²) in [7, 11) is 0. The van der Waals surface area contributed by atoms with E-state index in [9.17, 15) is 9.90 Å². The number of rotatable bonds is 3. The number of aromatic nitrogens is 1. The smallest absolute Gasteiger partial charge is 0.310 e. The van der Waals surface area contributed by atoms with Gasteiger partial charge in [0.25, 0.3) is 0 Å². The van der Waals surface area contributed by atoms with Crippen molar-refractivity contribution in [3.63, 3.8) is 0 Å². The molecule has 0 atom stereocenters. The molecule has 0 aliphatic rings. The average Bonchev–Trinajstić information content (AvgIpc) is 2.59. The lowest BCUT2D eigenvalue weighted by Gasteiger charge is -2.01. The third-order valence-electron chi connectivity index (χ3n) is 2.26. The fourth-order valence-electron chi connectivity index (χ4n) is 1.50. The summed E-state index contributed by atoms with van der Waals surface area (Å²) in [6.45, 7) is 0.673. The summed E-state index contributed by atoms with van der Waals surface area (Å²) in [6.07, 6.45) is 0. The lowest BCUT2D eigenvalue weighted by Crippen LogP contribution is -2.18. The summed E-state index contributed by atoms with van der Waals surface area (Å²) in [5.41, 5.74) is 6.23. The largest absolute Gasteiger partial charge is 0.493 e. The molecule has 0 radical (unpaired) electrons. The Morgan fingerprint density at radius 3 is 2.62 bits per heavy atom. The van der Waals surface area contributed by atoms with E-state index < -0.39 is 0 Å². The highest BCUT2D eigenvalue weighted by Gasteiger charge is 2.14. The number of hydrogen-bond acceptors (Lipinski definition) is 4. The van der Waals surface area contributed by atoms with Crippen LogP contribution < -0.4 is 10.6 Å². The first-order valence-electron chi connectivity index (χ1n) is 4.92. The summed E-state index contributed by atoms with van der Waals surface area (Å²) in [4.78, 5) is 12.0. The van der Waals surface area contributed by atoms with E-state index in [1.54, 1.807) is 0 Å². The molecule has 4 nitrogen and oxygen atoms in total. The van der Waals surface area contributed by atoms with Crippen molar-refractivity contribution in [3.8, 4) is 16.3 Å². The summed E-state index contributed by atoms with van der Waals surface area (Å²) in [5.74, 6) is 0.00616. The van der Waals surface area contributed by atoms with E-state index in [1.807, 2.05) is 30.3 Å². The molecule has 3 N–H and O–H groups in total. The summed E-state index contributed by atoms with van der Waals surface area (Å²) < 4.78 is 1.30. The lowest BCUT2D eigenvalue weighted by atomic mass is 10.2. The third-order valence-corrected chi connectivity index (χ3v) is 3.27. The minimum absolute atomic E-state index is 0.00616. The predicted octanol–water partition coefficient (Wildman–Crippen LogP) is 1.24. The van der Waals surface area contributed by atoms with Crippen molar-refractivity contribution in [1.29, 1.82) is 0 Å². The first-order valence-corrected chi connectivity index (χ1v) is 5.73. The number of benzene rings is 1. The maximum absolute atomic E-state index is 11.6. The topological polar surface area (TPSA) is 68.2 Å². The number of aromatic hydroxyl groups is 1. The summed E-state index contributed by atoms with van der Waals surface area (Å²) in [6, 6.07) is 9.34. The van der Waals surface area contributed by atoms with Crippen molar-refractivity contribution in [2.24, 2.45) is 5.73 Å². The van der Waals surface area contributed by atoms with E-state index in [4.69, 9.17) is 5.73 Å². The second kappa shape index (κ2) is 4.51. The Morgan fingerprint density at radius 2 is 2.00 bits per heavy atom. The molecular formula is C11H12N2O2S. The maximum Gasteiger partial charge on any atom is 0.310 e. The fourth-order valence-corrected chi connectivity index (χ4v) is 2.42. The zero-order valence-corrected chi connectivity index (χ0v) is 9.41. The second-order valence-corrected chi connectivity index (χ2v) is 4.29. The Bertz CT molecular complexity index is 531. The van der Waals surface area contributed by atoms with Gasteiger partial charge in [-0.2, -0.15) is 0 Å². The van der Waals surface area contributed by atoms with Crippen LogP contribution in [0.5, 0.6) is 5.88 Å². The molecule has 0 saturated heterocycles. The minimum Gasteiger partial charge on any atom is -0.493 e. The van der Waals surface area contributed by atoms with E-state index in [-0.39, 0.29) is 10.8 Å². The van der Waals surface area contributed by atoms with Gasteiger partial charge in [-0.1, -0.05) is 41.7 Å². The first kappa shape index (κ1) is 10.9. The standard InChI is InChI=1S/C11H12N2O2S/c12-6-7-13-10(14)9(16-11(13)15)8-4-2-1-3-5-8/h1-5,14H,6-7,12H2. The average molecular weight is 236 g/mol. The molecule has 84 valence electrons. The Hall–Kier alpha value is -1.59. The lowest BCUT2D eigenvalue weighted by molar-refractivity contribution is 0.417. The van der Waals surface area contributed by atoms with Crippen LogP contribution in [0.4, 0.5) is 0 Å². The zero-order chi connectivity index (χ0) is 11.5. The molecule has 0 spiro atoms. The Kier molecular flexibility index (Phi) is 3.07. The molecule has 0 aliphatic carbocycles. The van der Waals surface area contributed by atoms with Crippen LogP contribution in [0.15, 0.2) is 35.1 Å². The highest BCUT2D eigenvalue weighted by atomic mass is 32.1. The molecule has 1 aromatic carbocycles. The van der Waals surface area contributed by atoms with E-state index in [1.165, 1.54) is 4.57 Å². The van der Waals surface area contributed by atoms with Crippen LogP contribution in [0.25, 0.3) is 10.4 Å². The Labute approximate surface area is 96.6 Å². The van der Waals surface area contributed by atoms with Gasteiger partial charge >= 0.3 is 4.87 Å². The van der Waals surface area contributed by atoms with Gasteiger partial charge < -0.3 is 10.8 Å². The van der Waals surface area contributed by atoms with E-state index in [2.05, 4.69) is 0 Å². The van der Waals surface area contributed by atoms with Crippen molar-refractivity contribution >= 4 is 11.3 Å². The molecule has 0 unspecified atom stereocenters. The molecule has 2 aromatic rings. The van der Waals surface area contributed by atoms with Gasteiger partial charge in [-0.15, -0.1) is 0 Å². The predicted molar refractivity (Wildman–Crippen MR) is 64.7 cm³/mol. The maximum atomic E-state index is 11.6. The van der Waals surface area contributed by atoms with Gasteiger partial charge in [-0.05, 0) is 5.56 Å². The molecule has 2 rings (SSSR count). The third kappa shape index (κ3) is 1.87. The van der Waals surface area contributed by atoms with Gasteiger partial charge in [-0.3, -0.25) is 9.36 Å². The van der Waals surface area contributed by atoms with Crippen molar-refractivity contribution in [3.05, 3.63) is 40.0 Å². The molecule has 16 heavy (non-hydrogen) atoms. The van der Waals surface area contributed by atoms with Gasteiger partial charge in [0.05, 0.1) is 4.88 Å². The molecular weight excluding hydrogens is 224 g/mol. The highest BCUT2D eigenvalue weighted by molar-refractivity contribution is 7.13. The van der Waals surface area contributed by atoms with Crippen LogP contribution in [0.1, 0.15) is 0 Å². The van der Waals surface area contributed by atoms with Gasteiger partial charge in [0.1, 0.15) is 0 Å². The number of nitrogens with two attached hydrogens (primary N) is 1. The monoisotopic (exact) mass is 236 g/mol. The van der Waals surface area contributed by atoms with Crippen LogP contribution in [0.3, 0.4) is 0 Å². The quantitative estimate of drug-likeness (QED) is 0.842. The summed E-state index contributed by atoms with van der Waals surface area (Å²) in [5, 5.41) is 9.91. The van der Waals surface area contributed by atoms with Crippen molar-refractivity contribution in [1.82, 2.24) is 4.57 Å². The van der Waals surface area contributed by atoms with Crippen molar-refractivity contribution in [2.45, 2.75) is 6.54 Å². The number of nitrogens with zero attached hydrogens (tertiary/aromatic N) is 1. The molecule has 0 bridgehead atoms. The Balaban J connectivity index is 2.52. The molecule has 0 saturated carbocycles. The normalized spacial score (nSPS) is 10.6. The van der Waals surface area contributed by atoms with Crippen LogP contribution >= 0.6 is 11.3 Å².